The fourth-order valence-corrected chi connectivity index (χ4v) is 6.23. The van der Waals surface area contributed by atoms with Gasteiger partial charge in [-0.15, -0.1) is 0 Å². The van der Waals surface area contributed by atoms with E-state index >= 15 is 0 Å². The number of aliphatic hydroxyl groups is 2. The van der Waals surface area contributed by atoms with Crippen molar-refractivity contribution < 1.29 is 56.6 Å². The molecule has 20 heteroatoms. The zero-order valence-electron chi connectivity index (χ0n) is 20.5. The minimum Gasteiger partial charge on any atom is -0.387 e. The van der Waals surface area contributed by atoms with Gasteiger partial charge in [0.2, 0.25) is 0 Å². The first-order valence-corrected chi connectivity index (χ1v) is 15.7. The van der Waals surface area contributed by atoms with Gasteiger partial charge >= 0.3 is 15.6 Å². The summed E-state index contributed by atoms with van der Waals surface area (Å²) in [7, 11) is -10.2. The highest BCUT2D eigenvalue weighted by Crippen LogP contribution is 2.60. The Kier molecular flexibility index (Phi) is 9.80. The Morgan fingerprint density at radius 3 is 2.52 bits per heavy atom. The monoisotopic (exact) mass is 667 g/mol. The van der Waals surface area contributed by atoms with Crippen LogP contribution in [0.25, 0.3) is 11.2 Å². The van der Waals surface area contributed by atoms with Gasteiger partial charge in [-0.25, -0.2) is 28.6 Å². The van der Waals surface area contributed by atoms with Crippen LogP contribution in [0, 0.1) is 0 Å². The van der Waals surface area contributed by atoms with Gasteiger partial charge in [0, 0.05) is 24.1 Å². The second kappa shape index (κ2) is 12.8. The first-order chi connectivity index (χ1) is 18.9. The van der Waals surface area contributed by atoms with E-state index in [1.54, 1.807) is 29.1 Å². The summed E-state index contributed by atoms with van der Waals surface area (Å²) in [5.74, 6) is 0.00340. The predicted molar refractivity (Wildman–Crippen MR) is 138 cm³/mol. The fourth-order valence-electron chi connectivity index (χ4n) is 3.79. The number of phosphoric acid groups is 2. The van der Waals surface area contributed by atoms with Crippen molar-refractivity contribution in [3.05, 3.63) is 42.7 Å². The largest absolute Gasteiger partial charge is 0.481 e. The number of halogens is 1. The number of ether oxygens (including phenoxy) is 1. The van der Waals surface area contributed by atoms with E-state index in [0.29, 0.717) is 12.1 Å². The van der Waals surface area contributed by atoms with E-state index in [1.165, 1.54) is 17.2 Å². The van der Waals surface area contributed by atoms with Gasteiger partial charge in [0.1, 0.15) is 30.2 Å². The average Bonchev–Trinajstić information content (AvgIpc) is 3.46. The Hall–Kier alpha value is -2.21. The van der Waals surface area contributed by atoms with Gasteiger partial charge in [0.15, 0.2) is 42.4 Å². The average molecular weight is 668 g/mol. The molecule has 40 heavy (non-hydrogen) atoms. The van der Waals surface area contributed by atoms with Crippen LogP contribution in [0.15, 0.2) is 37.2 Å². The maximum Gasteiger partial charge on any atom is 0.481 e. The molecular weight excluding hydrogens is 642 g/mol. The third-order valence-electron chi connectivity index (χ3n) is 5.76. The van der Waals surface area contributed by atoms with Crippen molar-refractivity contribution in [2.24, 2.45) is 0 Å². The molecule has 17 nitrogen and oxygen atoms in total. The van der Waals surface area contributed by atoms with Crippen molar-refractivity contribution in [3.63, 3.8) is 0 Å². The summed E-state index contributed by atoms with van der Waals surface area (Å²) < 4.78 is 46.8. The molecule has 0 saturated carbocycles. The lowest BCUT2D eigenvalue weighted by Crippen LogP contribution is -2.33. The third-order valence-corrected chi connectivity index (χ3v) is 8.90. The van der Waals surface area contributed by atoms with Gasteiger partial charge < -0.3 is 30.5 Å². The van der Waals surface area contributed by atoms with E-state index in [0.717, 1.165) is 0 Å². The highest BCUT2D eigenvalue weighted by Gasteiger charge is 2.46. The minimum absolute atomic E-state index is 0.0815. The predicted octanol–water partition coefficient (Wildman–Crippen LogP) is 0.234. The molecule has 0 spiro atoms. The number of hydrogen-bond acceptors (Lipinski definition) is 13. The van der Waals surface area contributed by atoms with Crippen LogP contribution >= 0.6 is 31.6 Å². The van der Waals surface area contributed by atoms with Crippen LogP contribution in [0.2, 0.25) is 0 Å². The van der Waals surface area contributed by atoms with Crippen molar-refractivity contribution in [1.29, 1.82) is 0 Å². The summed E-state index contributed by atoms with van der Waals surface area (Å²) in [6.07, 6.45) is 0.311. The summed E-state index contributed by atoms with van der Waals surface area (Å²) in [6.45, 7) is -0.758. The van der Waals surface area contributed by atoms with E-state index in [-0.39, 0.29) is 41.1 Å². The number of carbonyl (C=O) groups is 1. The lowest BCUT2D eigenvalue weighted by atomic mass is 10.1. The maximum absolute atomic E-state index is 12.3. The molecule has 0 aromatic carbocycles. The van der Waals surface area contributed by atoms with Crippen molar-refractivity contribution in [2.45, 2.75) is 37.5 Å². The molecule has 4 rings (SSSR count). The number of pyridine rings is 1. The lowest BCUT2D eigenvalue weighted by Gasteiger charge is -2.19. The normalized spacial score (nSPS) is 24.1. The second-order valence-electron chi connectivity index (χ2n) is 8.51. The highest BCUT2D eigenvalue weighted by atomic mass is 79.9. The number of hydrogen-bond donors (Lipinski definition) is 5. The second-order valence-corrected chi connectivity index (χ2v) is 12.1. The number of fused-ring (bicyclic) bond motifs is 1. The van der Waals surface area contributed by atoms with Gasteiger partial charge in [-0.1, -0.05) is 15.9 Å². The summed E-state index contributed by atoms with van der Waals surface area (Å²) in [6, 6.07) is 3.25. The number of alkyl halides is 1. The van der Waals surface area contributed by atoms with Gasteiger partial charge in [0.05, 0.1) is 24.9 Å². The van der Waals surface area contributed by atoms with Crippen LogP contribution < -0.4 is 10.3 Å². The number of ketones is 1. The first-order valence-electron chi connectivity index (χ1n) is 11.6. The lowest BCUT2D eigenvalue weighted by molar-refractivity contribution is -0.697. The molecule has 3 aromatic heterocycles. The van der Waals surface area contributed by atoms with Crippen molar-refractivity contribution in [3.8, 4) is 0 Å². The quantitative estimate of drug-likeness (QED) is 0.0538. The molecule has 3 aromatic rings. The van der Waals surface area contributed by atoms with Gasteiger partial charge in [-0.3, -0.25) is 18.4 Å². The molecule has 1 aliphatic rings. The molecule has 0 radical (unpaired) electrons. The standard InChI is InChI=1S/C20H25BrN6O11P2/c21-8-13(28)12-2-5-26(6-3-12)4-1-7-35-39(31,32)38-40(33,34)36-9-14-16(29)17(30)20(37-14)27-11-25-15-18(22)23-10-24-19(15)27/h2-3,5-6,10-11,14,16-17,20,29-30H,1,4,7-9H2,(H3-,22,23,24,31,32,33,34)/p+1/t14-,16-,17-,20-/m1/s1. The maximum atomic E-state index is 12.3. The van der Waals surface area contributed by atoms with Crippen molar-refractivity contribution >= 4 is 54.3 Å². The van der Waals surface area contributed by atoms with Crippen LogP contribution in [-0.4, -0.2) is 82.2 Å². The van der Waals surface area contributed by atoms with E-state index in [2.05, 4.69) is 35.2 Å². The van der Waals surface area contributed by atoms with E-state index in [9.17, 15) is 33.9 Å². The Bertz CT molecular complexity index is 1440. The summed E-state index contributed by atoms with van der Waals surface area (Å²) in [4.78, 5) is 43.3. The van der Waals surface area contributed by atoms with Crippen LogP contribution in [0.5, 0.6) is 0 Å². The zero-order chi connectivity index (χ0) is 29.1. The molecule has 0 amide bonds. The van der Waals surface area contributed by atoms with Crippen LogP contribution in [0.4, 0.5) is 5.82 Å². The molecule has 0 aliphatic carbocycles. The number of Topliss-reactive ketones (excluding diaryl/α,β-unsaturated/α-hetero) is 1. The van der Waals surface area contributed by atoms with E-state index in [4.69, 9.17) is 19.5 Å². The molecule has 1 aliphatic heterocycles. The number of aliphatic hydroxyl groups excluding tert-OH is 2. The number of nitrogens with two attached hydrogens (primary N) is 1. The van der Waals surface area contributed by atoms with Gasteiger partial charge in [0.25, 0.3) is 0 Å². The van der Waals surface area contributed by atoms with E-state index < -0.39 is 46.8 Å². The molecule has 2 unspecified atom stereocenters. The van der Waals surface area contributed by atoms with Crippen molar-refractivity contribution in [1.82, 2.24) is 19.5 Å². The third kappa shape index (κ3) is 7.35. The molecule has 218 valence electrons. The highest BCUT2D eigenvalue weighted by molar-refractivity contribution is 9.09. The zero-order valence-corrected chi connectivity index (χ0v) is 23.9. The summed E-state index contributed by atoms with van der Waals surface area (Å²) in [5.41, 5.74) is 6.71. The first kappa shape index (κ1) is 30.7. The van der Waals surface area contributed by atoms with Crippen LogP contribution in [0.1, 0.15) is 23.0 Å². The Labute approximate surface area is 234 Å². The number of rotatable bonds is 13. The Morgan fingerprint density at radius 1 is 1.12 bits per heavy atom. The number of imidazole rings is 1. The number of aryl methyl sites for hydroxylation is 1. The Morgan fingerprint density at radius 2 is 1.82 bits per heavy atom. The molecular formula is C20H26BrN6O11P2+. The molecule has 6 N–H and O–H groups in total. The van der Waals surface area contributed by atoms with Crippen molar-refractivity contribution in [2.75, 3.05) is 24.3 Å². The topological polar surface area (TPSA) is 243 Å². The van der Waals surface area contributed by atoms with Crippen LogP contribution in [-0.2, 0) is 33.8 Å². The smallest absolute Gasteiger partial charge is 0.387 e. The van der Waals surface area contributed by atoms with Gasteiger partial charge in [-0.05, 0) is 0 Å². The number of carbonyl (C=O) groups excluding carboxylic acids is 1. The molecule has 0 bridgehead atoms. The Balaban J connectivity index is 1.26. The number of nitrogen functional groups attached to an aromatic ring is 1. The molecule has 6 atom stereocenters. The molecule has 1 fully saturated rings. The minimum atomic E-state index is -5.17. The molecule has 4 heterocycles. The number of phosphoric ester groups is 2. The SMILES string of the molecule is Nc1ncnc2c1ncn2[C@@H]1O[C@H](COP(=O)(O)OP(=O)(O)OCCC[n+]2ccc(C(=O)CBr)cc2)[C@@H](O)[C@H]1O. The fraction of sp³-hybridized carbons (Fsp3) is 0.450. The number of aromatic nitrogens is 5. The van der Waals surface area contributed by atoms with E-state index in [1.807, 2.05) is 0 Å². The van der Waals surface area contributed by atoms with Gasteiger partial charge in [-0.2, -0.15) is 4.31 Å². The number of nitrogens with zero attached hydrogens (tertiary/aromatic N) is 5. The summed E-state index contributed by atoms with van der Waals surface area (Å²) in [5, 5.41) is 21.0. The summed E-state index contributed by atoms with van der Waals surface area (Å²) >= 11 is 3.09. The molecule has 1 saturated heterocycles. The van der Waals surface area contributed by atoms with Crippen LogP contribution in [0.3, 0.4) is 0 Å². The number of anilines is 1.